The van der Waals surface area contributed by atoms with E-state index in [9.17, 15) is 17.2 Å². The van der Waals surface area contributed by atoms with E-state index in [1.54, 1.807) is 30.6 Å². The van der Waals surface area contributed by atoms with E-state index < -0.39 is 33.2 Å². The van der Waals surface area contributed by atoms with Gasteiger partial charge in [0.25, 0.3) is 0 Å². The highest BCUT2D eigenvalue weighted by Gasteiger charge is 2.43. The standard InChI is InChI=1S/C27H27F2N5O7S/c1-15-12-30-25(31-13-15)24(39-5)16(2)42(35,36)14-22-32-33-26(17-9-10-18-21(11-17)41-27(28,29)40-18)34(22)23-19(37-3)7-6-8-20(23)38-4/h6-13,16,24H,14H2,1-5H3/t16-,24-/m0/s1. The molecule has 0 bridgehead atoms. The smallest absolute Gasteiger partial charge is 0.494 e. The zero-order chi connectivity index (χ0) is 30.2. The van der Waals surface area contributed by atoms with E-state index in [4.69, 9.17) is 14.2 Å². The highest BCUT2D eigenvalue weighted by molar-refractivity contribution is 7.91. The molecule has 2 aromatic heterocycles. The first kappa shape index (κ1) is 29.1. The van der Waals surface area contributed by atoms with Crippen molar-refractivity contribution in [2.24, 2.45) is 0 Å². The minimum atomic E-state index is -4.00. The van der Waals surface area contributed by atoms with Crippen molar-refractivity contribution in [3.8, 4) is 40.1 Å². The third-order valence-corrected chi connectivity index (χ3v) is 8.69. The van der Waals surface area contributed by atoms with Gasteiger partial charge >= 0.3 is 6.29 Å². The molecule has 2 atom stereocenters. The third kappa shape index (κ3) is 5.44. The number of alkyl halides is 2. The number of aryl methyl sites for hydroxylation is 1. The maximum absolute atomic E-state index is 13.8. The van der Waals surface area contributed by atoms with E-state index in [1.165, 1.54) is 51.0 Å². The summed E-state index contributed by atoms with van der Waals surface area (Å²) in [6.07, 6.45) is -1.64. The van der Waals surface area contributed by atoms with Crippen LogP contribution in [0.4, 0.5) is 8.78 Å². The van der Waals surface area contributed by atoms with Crippen molar-refractivity contribution in [2.45, 2.75) is 37.2 Å². The number of halogens is 2. The van der Waals surface area contributed by atoms with Gasteiger partial charge in [-0.1, -0.05) is 6.07 Å². The van der Waals surface area contributed by atoms with Gasteiger partial charge in [0.1, 0.15) is 29.0 Å². The van der Waals surface area contributed by atoms with Crippen molar-refractivity contribution < 1.29 is 40.9 Å². The maximum atomic E-state index is 13.8. The average Bonchev–Trinajstić information content (AvgIpc) is 3.51. The second-order valence-corrected chi connectivity index (χ2v) is 11.8. The van der Waals surface area contributed by atoms with Crippen molar-refractivity contribution >= 4 is 9.84 Å². The molecule has 4 aromatic rings. The fraction of sp³-hybridized carbons (Fsp3) is 0.333. The van der Waals surface area contributed by atoms with E-state index in [0.717, 1.165) is 5.56 Å². The van der Waals surface area contributed by atoms with Gasteiger partial charge in [-0.2, -0.15) is 0 Å². The molecular formula is C27H27F2N5O7S. The quantitative estimate of drug-likeness (QED) is 0.259. The number of methoxy groups -OCH3 is 3. The molecule has 1 aliphatic rings. The molecule has 42 heavy (non-hydrogen) atoms. The first-order valence-electron chi connectivity index (χ1n) is 12.6. The number of rotatable bonds is 10. The van der Waals surface area contributed by atoms with Crippen molar-refractivity contribution in [1.29, 1.82) is 0 Å². The van der Waals surface area contributed by atoms with E-state index in [0.29, 0.717) is 17.2 Å². The summed E-state index contributed by atoms with van der Waals surface area (Å²) >= 11 is 0. The summed E-state index contributed by atoms with van der Waals surface area (Å²) in [4.78, 5) is 8.48. The maximum Gasteiger partial charge on any atom is 0.586 e. The van der Waals surface area contributed by atoms with Crippen LogP contribution in [0, 0.1) is 6.92 Å². The van der Waals surface area contributed by atoms with Crippen LogP contribution in [0.5, 0.6) is 23.0 Å². The first-order valence-corrected chi connectivity index (χ1v) is 14.3. The number of ether oxygens (including phenoxy) is 5. The Kier molecular flexibility index (Phi) is 7.72. The molecule has 0 unspecified atom stereocenters. The Morgan fingerprint density at radius 1 is 0.976 bits per heavy atom. The predicted molar refractivity (Wildman–Crippen MR) is 145 cm³/mol. The lowest BCUT2D eigenvalue weighted by Crippen LogP contribution is -2.30. The molecule has 0 saturated heterocycles. The minimum Gasteiger partial charge on any atom is -0.494 e. The molecule has 5 rings (SSSR count). The van der Waals surface area contributed by atoms with Gasteiger partial charge in [-0.25, -0.2) is 18.4 Å². The molecule has 0 amide bonds. The molecule has 0 N–H and O–H groups in total. The number of aromatic nitrogens is 5. The Morgan fingerprint density at radius 2 is 1.62 bits per heavy atom. The number of nitrogens with zero attached hydrogens (tertiary/aromatic N) is 5. The average molecular weight is 604 g/mol. The van der Waals surface area contributed by atoms with Gasteiger partial charge in [0.15, 0.2) is 38.8 Å². The van der Waals surface area contributed by atoms with Gasteiger partial charge in [0, 0.05) is 25.1 Å². The van der Waals surface area contributed by atoms with Crippen LogP contribution < -0.4 is 18.9 Å². The Hall–Kier alpha value is -4.37. The second-order valence-electron chi connectivity index (χ2n) is 9.40. The molecule has 0 radical (unpaired) electrons. The Labute approximate surface area is 240 Å². The summed E-state index contributed by atoms with van der Waals surface area (Å²) in [5, 5.41) is 7.37. The SMILES string of the molecule is COc1cccc(OC)c1-n1c(CS(=O)(=O)[C@@H](C)[C@H](OC)c2ncc(C)cn2)nnc1-c1ccc2c(c1)OC(F)(F)O2. The predicted octanol–water partition coefficient (Wildman–Crippen LogP) is 4.06. The normalized spacial score (nSPS) is 15.3. The van der Waals surface area contributed by atoms with Gasteiger partial charge in [0.2, 0.25) is 0 Å². The van der Waals surface area contributed by atoms with Crippen LogP contribution in [0.2, 0.25) is 0 Å². The molecule has 0 saturated carbocycles. The summed E-state index contributed by atoms with van der Waals surface area (Å²) in [7, 11) is 0.256. The molecule has 15 heteroatoms. The lowest BCUT2D eigenvalue weighted by Gasteiger charge is -2.22. The minimum absolute atomic E-state index is 0.00215. The number of fused-ring (bicyclic) bond motifs is 1. The number of hydrogen-bond donors (Lipinski definition) is 0. The van der Waals surface area contributed by atoms with Crippen molar-refractivity contribution in [1.82, 2.24) is 24.7 Å². The molecule has 1 aliphatic heterocycles. The molecule has 0 spiro atoms. The van der Waals surface area contributed by atoms with Crippen LogP contribution in [-0.4, -0.2) is 66.0 Å². The molecule has 3 heterocycles. The second kappa shape index (κ2) is 11.1. The van der Waals surface area contributed by atoms with Crippen molar-refractivity contribution in [3.05, 3.63) is 66.0 Å². The van der Waals surface area contributed by atoms with E-state index in [-0.39, 0.29) is 34.5 Å². The van der Waals surface area contributed by atoms with Gasteiger partial charge < -0.3 is 23.7 Å². The Morgan fingerprint density at radius 3 is 2.24 bits per heavy atom. The molecule has 12 nitrogen and oxygen atoms in total. The monoisotopic (exact) mass is 603 g/mol. The highest BCUT2D eigenvalue weighted by atomic mass is 32.2. The summed E-state index contributed by atoms with van der Waals surface area (Å²) < 4.78 is 82.3. The van der Waals surface area contributed by atoms with E-state index >= 15 is 0 Å². The zero-order valence-electron chi connectivity index (χ0n) is 23.2. The topological polar surface area (TPSA) is 137 Å². The largest absolute Gasteiger partial charge is 0.586 e. The summed E-state index contributed by atoms with van der Waals surface area (Å²) in [6.45, 7) is 3.31. The summed E-state index contributed by atoms with van der Waals surface area (Å²) in [6, 6.07) is 9.07. The number of sulfone groups is 1. The van der Waals surface area contributed by atoms with Crippen molar-refractivity contribution in [3.63, 3.8) is 0 Å². The van der Waals surface area contributed by atoms with Gasteiger partial charge in [-0.3, -0.25) is 4.57 Å². The van der Waals surface area contributed by atoms with Crippen LogP contribution in [0.1, 0.15) is 30.2 Å². The lowest BCUT2D eigenvalue weighted by atomic mass is 10.1. The van der Waals surface area contributed by atoms with E-state index in [1.807, 2.05) is 6.92 Å². The Balaban J connectivity index is 1.62. The molecular weight excluding hydrogens is 576 g/mol. The van der Waals surface area contributed by atoms with Crippen LogP contribution in [-0.2, 0) is 20.3 Å². The third-order valence-electron chi connectivity index (χ3n) is 6.65. The van der Waals surface area contributed by atoms with Crippen LogP contribution in [0.15, 0.2) is 48.8 Å². The lowest BCUT2D eigenvalue weighted by molar-refractivity contribution is -0.286. The Bertz CT molecular complexity index is 1690. The number of para-hydroxylation sites is 1. The van der Waals surface area contributed by atoms with Gasteiger partial charge in [0.05, 0.1) is 19.5 Å². The number of benzene rings is 2. The summed E-state index contributed by atoms with van der Waals surface area (Å²) in [5.41, 5.74) is 1.39. The fourth-order valence-electron chi connectivity index (χ4n) is 4.53. The fourth-order valence-corrected chi connectivity index (χ4v) is 5.95. The summed E-state index contributed by atoms with van der Waals surface area (Å²) in [5.74, 6) is -0.00590. The van der Waals surface area contributed by atoms with Crippen LogP contribution in [0.3, 0.4) is 0 Å². The van der Waals surface area contributed by atoms with Crippen LogP contribution >= 0.6 is 0 Å². The molecule has 222 valence electrons. The first-order chi connectivity index (χ1) is 20.0. The molecule has 0 fully saturated rings. The van der Waals surface area contributed by atoms with E-state index in [2.05, 4.69) is 29.6 Å². The highest BCUT2D eigenvalue weighted by Crippen LogP contribution is 2.44. The van der Waals surface area contributed by atoms with Crippen molar-refractivity contribution in [2.75, 3.05) is 21.3 Å². The number of hydrogen-bond acceptors (Lipinski definition) is 11. The zero-order valence-corrected chi connectivity index (χ0v) is 24.1. The van der Waals surface area contributed by atoms with Gasteiger partial charge in [-0.05, 0) is 49.7 Å². The van der Waals surface area contributed by atoms with Crippen LogP contribution in [0.25, 0.3) is 17.1 Å². The molecule has 2 aromatic carbocycles. The molecule has 0 aliphatic carbocycles. The van der Waals surface area contributed by atoms with Gasteiger partial charge in [-0.15, -0.1) is 19.0 Å².